The normalized spacial score (nSPS) is 11.7. The summed E-state index contributed by atoms with van der Waals surface area (Å²) in [6.07, 6.45) is 13.5. The summed E-state index contributed by atoms with van der Waals surface area (Å²) in [6, 6.07) is 25.5. The summed E-state index contributed by atoms with van der Waals surface area (Å²) < 4.78 is 0. The van der Waals surface area contributed by atoms with Gasteiger partial charge in [0.05, 0.1) is 0 Å². The highest BCUT2D eigenvalue weighted by Crippen LogP contribution is 2.41. The number of hydrogen-bond acceptors (Lipinski definition) is 14. The number of aromatic nitrogens is 8. The van der Waals surface area contributed by atoms with Crippen molar-refractivity contribution < 1.29 is 19.2 Å². The molecule has 0 fully saturated rings. The maximum Gasteiger partial charge on any atom is 0.222 e. The number of carbonyl (C=O) groups excluding carboxylic acids is 4. The van der Waals surface area contributed by atoms with Gasteiger partial charge in [0.2, 0.25) is 23.6 Å². The third-order valence-corrected chi connectivity index (χ3v) is 20.5. The smallest absolute Gasteiger partial charge is 0.222 e. The van der Waals surface area contributed by atoms with Gasteiger partial charge in [0, 0.05) is 164 Å². The first-order chi connectivity index (χ1) is 44.9. The van der Waals surface area contributed by atoms with Gasteiger partial charge in [-0.25, -0.2) is 29.9 Å². The van der Waals surface area contributed by atoms with Gasteiger partial charge in [-0.3, -0.25) is 19.2 Å². The Morgan fingerprint density at radius 3 is 0.880 bits per heavy atom. The third-order valence-electron chi connectivity index (χ3n) is 16.6. The van der Waals surface area contributed by atoms with E-state index in [0.717, 1.165) is 190 Å². The fraction of sp³-hybridized carbons (Fsp3) is 0.500. The highest BCUT2D eigenvalue weighted by atomic mass is 32.2. The summed E-state index contributed by atoms with van der Waals surface area (Å²) in [5.74, 6) is 5.78. The standard InChI is InChI=1S/C72H94N12O4S4/c1-9-17-33-81(61(85)21-13-5)37-41-89-49-25-29-53-57(45-49)69-73-65(53)78-70-59-47-51(91-43-39-83(35-19-11-3)63(87)23-15-7)27-31-55(59)67(75-70)80-72-60-48-52(92-44-40-84(36-20-12-4)64(88)24-16-8)28-32-56(60)68(76-72)79-71-58-46-50(26-30-54(58)66(74-71)77-69)90-42-38-82(34-18-10-2)62(86)22-14-6/h25-32,45-48H,9-24,33-44H2,1-8H3,(H2,73,74,75,76,77,78,79,80). The summed E-state index contributed by atoms with van der Waals surface area (Å²) in [7, 11) is 0. The minimum absolute atomic E-state index is 0.207. The van der Waals surface area contributed by atoms with Crippen LogP contribution in [-0.4, -0.2) is 158 Å². The van der Waals surface area contributed by atoms with E-state index in [1.165, 1.54) is 0 Å². The predicted octanol–water partition coefficient (Wildman–Crippen LogP) is 17.0. The number of nitrogens with one attached hydrogen (secondary N) is 2. The maximum absolute atomic E-state index is 13.2. The lowest BCUT2D eigenvalue weighted by Gasteiger charge is -2.22. The van der Waals surface area contributed by atoms with Crippen molar-refractivity contribution in [2.75, 3.05) is 75.4 Å². The van der Waals surface area contributed by atoms with Gasteiger partial charge in [0.1, 0.15) is 22.6 Å². The van der Waals surface area contributed by atoms with Crippen molar-refractivity contribution >= 4 is 115 Å². The van der Waals surface area contributed by atoms with Crippen molar-refractivity contribution in [2.24, 2.45) is 0 Å². The van der Waals surface area contributed by atoms with Gasteiger partial charge in [-0.15, -0.1) is 47.0 Å². The number of thioether (sulfide) groups is 4. The van der Waals surface area contributed by atoms with Gasteiger partial charge in [0.15, 0.2) is 23.3 Å². The molecular formula is C72H94N12O4S4. The largest absolute Gasteiger partial charge is 0.342 e. The molecule has 0 saturated carbocycles. The van der Waals surface area contributed by atoms with Crippen molar-refractivity contribution in [2.45, 2.75) is 178 Å². The number of unbranched alkanes of at least 4 members (excludes halogenated alkanes) is 4. The van der Waals surface area contributed by atoms with Crippen LogP contribution in [0.15, 0.2) is 92.4 Å². The molecule has 16 nitrogen and oxygen atoms in total. The van der Waals surface area contributed by atoms with Crippen molar-refractivity contribution in [3.05, 3.63) is 72.8 Å². The Balaban J connectivity index is 1.20. The highest BCUT2D eigenvalue weighted by Gasteiger charge is 2.25. The second-order valence-electron chi connectivity index (χ2n) is 23.8. The van der Waals surface area contributed by atoms with E-state index in [9.17, 15) is 19.2 Å². The number of benzene rings is 4. The average molecular weight is 1320 g/mol. The van der Waals surface area contributed by atoms with E-state index in [1.807, 2.05) is 19.6 Å². The van der Waals surface area contributed by atoms with Crippen LogP contribution in [-0.2, 0) is 19.2 Å². The molecule has 7 aromatic rings. The summed E-state index contributed by atoms with van der Waals surface area (Å²) >= 11 is 6.89. The lowest BCUT2D eigenvalue weighted by Crippen LogP contribution is -2.33. The van der Waals surface area contributed by atoms with Gasteiger partial charge in [-0.2, -0.15) is 0 Å². The number of carbonyl (C=O) groups is 4. The van der Waals surface area contributed by atoms with Crippen LogP contribution >= 0.6 is 47.0 Å². The molecule has 0 radical (unpaired) electrons. The van der Waals surface area contributed by atoms with Crippen molar-refractivity contribution in [1.82, 2.24) is 59.5 Å². The zero-order valence-corrected chi connectivity index (χ0v) is 58.7. The van der Waals surface area contributed by atoms with Crippen LogP contribution in [0.5, 0.6) is 0 Å². The first-order valence-electron chi connectivity index (χ1n) is 33.9. The molecule has 92 heavy (non-hydrogen) atoms. The molecule has 2 aliphatic rings. The first-order valence-corrected chi connectivity index (χ1v) is 37.9. The van der Waals surface area contributed by atoms with Crippen LogP contribution in [0.4, 0.5) is 0 Å². The Hall–Kier alpha value is -6.48. The molecule has 0 unspecified atom stereocenters. The van der Waals surface area contributed by atoms with Crippen molar-refractivity contribution in [1.29, 1.82) is 0 Å². The minimum atomic E-state index is 0.207. The summed E-state index contributed by atoms with van der Waals surface area (Å²) in [6.45, 7) is 22.5. The molecule has 0 spiro atoms. The zero-order chi connectivity index (χ0) is 64.9. The fourth-order valence-corrected chi connectivity index (χ4v) is 15.1. The number of rotatable bonds is 36. The average Bonchev–Trinajstić information content (AvgIpc) is 1.65. The molecule has 490 valence electrons. The summed E-state index contributed by atoms with van der Waals surface area (Å²) in [4.78, 5) is 105. The lowest BCUT2D eigenvalue weighted by molar-refractivity contribution is -0.131. The van der Waals surface area contributed by atoms with Gasteiger partial charge in [-0.05, 0) is 124 Å². The number of hydrogen-bond donors (Lipinski definition) is 2. The van der Waals surface area contributed by atoms with Gasteiger partial charge < -0.3 is 29.6 Å². The SMILES string of the molecule is CCCCN(CCSc1ccc2c(c1)-c1nc-2nc2[nH]c(nc3nc(nc4[nH]c(n1)c1ccc(SCCN(CCCC)C(=O)CCC)cc41)-c1ccc(SCCN(CCCC)C(=O)CCC)cc1-3)c1ccc(SCCN(CCCC)C(=O)CCC)cc21)C(=O)CCC. The molecule has 4 amide bonds. The molecule has 0 atom stereocenters. The van der Waals surface area contributed by atoms with Crippen LogP contribution in [0.25, 0.3) is 89.7 Å². The molecule has 0 saturated heterocycles. The van der Waals surface area contributed by atoms with E-state index in [2.05, 4.69) is 138 Å². The van der Waals surface area contributed by atoms with Crippen LogP contribution in [0.3, 0.4) is 0 Å². The fourth-order valence-electron chi connectivity index (χ4n) is 11.5. The van der Waals surface area contributed by atoms with Crippen molar-refractivity contribution in [3.63, 3.8) is 0 Å². The molecular weight excluding hydrogens is 1230 g/mol. The lowest BCUT2D eigenvalue weighted by atomic mass is 10.1. The second-order valence-corrected chi connectivity index (χ2v) is 28.4. The van der Waals surface area contributed by atoms with E-state index in [0.29, 0.717) is 97.7 Å². The predicted molar refractivity (Wildman–Crippen MR) is 385 cm³/mol. The quantitative estimate of drug-likeness (QED) is 0.0353. The van der Waals surface area contributed by atoms with E-state index < -0.39 is 0 Å². The van der Waals surface area contributed by atoms with E-state index in [-0.39, 0.29) is 23.6 Å². The number of fused-ring (bicyclic) bond motifs is 20. The zero-order valence-electron chi connectivity index (χ0n) is 55.5. The van der Waals surface area contributed by atoms with Crippen LogP contribution in [0, 0.1) is 0 Å². The van der Waals surface area contributed by atoms with E-state index >= 15 is 0 Å². The number of amides is 4. The van der Waals surface area contributed by atoms with Crippen LogP contribution in [0.2, 0.25) is 0 Å². The molecule has 4 aromatic carbocycles. The Kier molecular flexibility index (Phi) is 26.7. The van der Waals surface area contributed by atoms with E-state index in [1.54, 1.807) is 47.0 Å². The van der Waals surface area contributed by atoms with Gasteiger partial charge in [-0.1, -0.05) is 81.1 Å². The Morgan fingerprint density at radius 1 is 0.315 bits per heavy atom. The van der Waals surface area contributed by atoms with Gasteiger partial charge in [0.25, 0.3) is 0 Å². The molecule has 9 rings (SSSR count). The van der Waals surface area contributed by atoms with Crippen LogP contribution in [0.1, 0.15) is 158 Å². The molecule has 8 bridgehead atoms. The summed E-state index contributed by atoms with van der Waals surface area (Å²) in [5.41, 5.74) is 5.71. The monoisotopic (exact) mass is 1320 g/mol. The van der Waals surface area contributed by atoms with Crippen molar-refractivity contribution in [3.8, 4) is 45.6 Å². The first kappa shape index (κ1) is 69.9. The number of nitrogens with zero attached hydrogens (tertiary/aromatic N) is 10. The molecule has 2 aliphatic heterocycles. The topological polar surface area (TPSA) is 190 Å². The van der Waals surface area contributed by atoms with E-state index in [4.69, 9.17) is 29.9 Å². The molecule has 0 aliphatic carbocycles. The third kappa shape index (κ3) is 18.0. The molecule has 20 heteroatoms. The number of aromatic amines is 2. The Morgan fingerprint density at radius 2 is 0.587 bits per heavy atom. The summed E-state index contributed by atoms with van der Waals surface area (Å²) in [5, 5.41) is 3.46. The molecule has 3 aromatic heterocycles. The highest BCUT2D eigenvalue weighted by molar-refractivity contribution is 8.00. The number of H-pyrrole nitrogens is 2. The Bertz CT molecular complexity index is 3610. The van der Waals surface area contributed by atoms with Crippen LogP contribution < -0.4 is 0 Å². The molecule has 5 heterocycles. The van der Waals surface area contributed by atoms with Gasteiger partial charge >= 0.3 is 0 Å². The maximum atomic E-state index is 13.2. The molecule has 2 N–H and O–H groups in total. The minimum Gasteiger partial charge on any atom is -0.342 e. The Labute approximate surface area is 561 Å². The second kappa shape index (κ2) is 35.1.